The maximum atomic E-state index is 6.32. The second kappa shape index (κ2) is 8.28. The molecule has 122 valence electrons. The zero-order valence-electron chi connectivity index (χ0n) is 14.0. The van der Waals surface area contributed by atoms with E-state index in [2.05, 4.69) is 66.8 Å². The molecule has 0 saturated carbocycles. The van der Waals surface area contributed by atoms with Gasteiger partial charge in [-0.05, 0) is 43.9 Å². The summed E-state index contributed by atoms with van der Waals surface area (Å²) in [6.07, 6.45) is 5.06. The molecular weight excluding hydrogens is 282 g/mol. The van der Waals surface area contributed by atoms with E-state index in [0.717, 1.165) is 19.6 Å². The third-order valence-corrected chi connectivity index (χ3v) is 4.65. The van der Waals surface area contributed by atoms with Crippen molar-refractivity contribution < 1.29 is 4.74 Å². The molecule has 2 nitrogen and oxygen atoms in total. The molecule has 2 unspecified atom stereocenters. The third-order valence-electron chi connectivity index (χ3n) is 4.65. The maximum Gasteiger partial charge on any atom is 0.108 e. The lowest BCUT2D eigenvalue weighted by molar-refractivity contribution is 0.0707. The summed E-state index contributed by atoms with van der Waals surface area (Å²) in [7, 11) is 0. The van der Waals surface area contributed by atoms with Crippen LogP contribution in [-0.4, -0.2) is 19.2 Å². The molecule has 0 aromatic heterocycles. The van der Waals surface area contributed by atoms with E-state index in [-0.39, 0.29) is 6.10 Å². The molecule has 2 atom stereocenters. The average molecular weight is 309 g/mol. The molecule has 0 radical (unpaired) electrons. The predicted octanol–water partition coefficient (Wildman–Crippen LogP) is 4.63. The van der Waals surface area contributed by atoms with Gasteiger partial charge in [-0.2, -0.15) is 0 Å². The van der Waals surface area contributed by atoms with Gasteiger partial charge in [0.15, 0.2) is 0 Å². The van der Waals surface area contributed by atoms with Crippen molar-refractivity contribution in [2.75, 3.05) is 13.2 Å². The topological polar surface area (TPSA) is 21.3 Å². The quantitative estimate of drug-likeness (QED) is 0.840. The highest BCUT2D eigenvalue weighted by Gasteiger charge is 2.17. The van der Waals surface area contributed by atoms with Crippen LogP contribution in [0.3, 0.4) is 0 Å². The van der Waals surface area contributed by atoms with E-state index in [4.69, 9.17) is 4.74 Å². The van der Waals surface area contributed by atoms with E-state index < -0.39 is 0 Å². The smallest absolute Gasteiger partial charge is 0.108 e. The number of rotatable bonds is 6. The first-order chi connectivity index (χ1) is 11.3. The molecule has 0 bridgehead atoms. The van der Waals surface area contributed by atoms with Gasteiger partial charge in [-0.3, -0.25) is 0 Å². The van der Waals surface area contributed by atoms with Crippen LogP contribution in [0.4, 0.5) is 0 Å². The summed E-state index contributed by atoms with van der Waals surface area (Å²) in [6.45, 7) is 4.08. The Hall–Kier alpha value is -1.64. The van der Waals surface area contributed by atoms with Gasteiger partial charge in [0.1, 0.15) is 6.10 Å². The minimum absolute atomic E-state index is 0.0281. The first-order valence-electron chi connectivity index (χ1n) is 8.79. The second-order valence-electron chi connectivity index (χ2n) is 6.51. The van der Waals surface area contributed by atoms with Gasteiger partial charge in [0.25, 0.3) is 0 Å². The molecule has 2 aromatic rings. The van der Waals surface area contributed by atoms with Crippen molar-refractivity contribution in [1.82, 2.24) is 5.32 Å². The standard InChI is InChI=1S/C21H27NO/c1-17-10-12-19(13-11-17)21(18-7-3-2-4-8-18)23-16-14-20-9-5-6-15-22-20/h2-4,7-8,10-13,20-22H,5-6,9,14-16H2,1H3. The van der Waals surface area contributed by atoms with Gasteiger partial charge < -0.3 is 10.1 Å². The molecule has 1 heterocycles. The van der Waals surface area contributed by atoms with Crippen molar-refractivity contribution in [3.05, 3.63) is 71.3 Å². The molecule has 1 fully saturated rings. The highest BCUT2D eigenvalue weighted by molar-refractivity contribution is 5.31. The summed E-state index contributed by atoms with van der Waals surface area (Å²) >= 11 is 0. The normalized spacial score (nSPS) is 19.4. The Morgan fingerprint density at radius 3 is 2.43 bits per heavy atom. The fourth-order valence-electron chi connectivity index (χ4n) is 3.25. The van der Waals surface area contributed by atoms with Crippen LogP contribution in [0.15, 0.2) is 54.6 Å². The van der Waals surface area contributed by atoms with Gasteiger partial charge in [-0.25, -0.2) is 0 Å². The van der Waals surface area contributed by atoms with Gasteiger partial charge in [0, 0.05) is 12.6 Å². The molecule has 3 rings (SSSR count). The molecule has 0 amide bonds. The molecule has 2 heteroatoms. The van der Waals surface area contributed by atoms with E-state index >= 15 is 0 Å². The summed E-state index contributed by atoms with van der Waals surface area (Å²) in [5, 5.41) is 3.60. The summed E-state index contributed by atoms with van der Waals surface area (Å²) in [5.74, 6) is 0. The van der Waals surface area contributed by atoms with Crippen LogP contribution in [0.5, 0.6) is 0 Å². The van der Waals surface area contributed by atoms with E-state index in [9.17, 15) is 0 Å². The largest absolute Gasteiger partial charge is 0.369 e. The maximum absolute atomic E-state index is 6.32. The number of aryl methyl sites for hydroxylation is 1. The summed E-state index contributed by atoms with van der Waals surface area (Å²) in [5.41, 5.74) is 3.75. The first kappa shape index (κ1) is 16.2. The van der Waals surface area contributed by atoms with Crippen LogP contribution in [0.1, 0.15) is 48.5 Å². The Kier molecular flexibility index (Phi) is 5.84. The monoisotopic (exact) mass is 309 g/mol. The van der Waals surface area contributed by atoms with Crippen LogP contribution < -0.4 is 5.32 Å². The number of benzene rings is 2. The Labute approximate surface area is 139 Å². The van der Waals surface area contributed by atoms with E-state index in [1.807, 2.05) is 0 Å². The van der Waals surface area contributed by atoms with Gasteiger partial charge in [-0.15, -0.1) is 0 Å². The van der Waals surface area contributed by atoms with E-state index in [1.54, 1.807) is 0 Å². The lowest BCUT2D eigenvalue weighted by Gasteiger charge is -2.25. The number of piperidine rings is 1. The SMILES string of the molecule is Cc1ccc(C(OCCC2CCCCN2)c2ccccc2)cc1. The van der Waals surface area contributed by atoms with Gasteiger partial charge in [0.2, 0.25) is 0 Å². The number of nitrogens with one attached hydrogen (secondary N) is 1. The van der Waals surface area contributed by atoms with Gasteiger partial charge >= 0.3 is 0 Å². The van der Waals surface area contributed by atoms with Crippen molar-refractivity contribution in [3.63, 3.8) is 0 Å². The van der Waals surface area contributed by atoms with Crippen LogP contribution in [-0.2, 0) is 4.74 Å². The minimum atomic E-state index is 0.0281. The van der Waals surface area contributed by atoms with Crippen molar-refractivity contribution >= 4 is 0 Å². The Balaban J connectivity index is 1.66. The molecule has 1 N–H and O–H groups in total. The molecule has 1 aliphatic rings. The van der Waals surface area contributed by atoms with Crippen LogP contribution in [0.2, 0.25) is 0 Å². The Morgan fingerprint density at radius 1 is 1.00 bits per heavy atom. The summed E-state index contributed by atoms with van der Waals surface area (Å²) in [4.78, 5) is 0. The van der Waals surface area contributed by atoms with Crippen molar-refractivity contribution in [2.24, 2.45) is 0 Å². The zero-order valence-corrected chi connectivity index (χ0v) is 14.0. The Bertz CT molecular complexity index is 573. The van der Waals surface area contributed by atoms with Crippen LogP contribution in [0, 0.1) is 6.92 Å². The molecule has 2 aromatic carbocycles. The zero-order chi connectivity index (χ0) is 15.9. The highest BCUT2D eigenvalue weighted by Crippen LogP contribution is 2.26. The van der Waals surface area contributed by atoms with Gasteiger partial charge in [-0.1, -0.05) is 66.6 Å². The number of hydrogen-bond donors (Lipinski definition) is 1. The molecule has 23 heavy (non-hydrogen) atoms. The molecule has 1 aliphatic heterocycles. The minimum Gasteiger partial charge on any atom is -0.369 e. The number of hydrogen-bond acceptors (Lipinski definition) is 2. The number of ether oxygens (including phenoxy) is 1. The molecular formula is C21H27NO. The third kappa shape index (κ3) is 4.66. The fraction of sp³-hybridized carbons (Fsp3) is 0.429. The van der Waals surface area contributed by atoms with E-state index in [0.29, 0.717) is 6.04 Å². The predicted molar refractivity (Wildman–Crippen MR) is 95.7 cm³/mol. The average Bonchev–Trinajstić information content (AvgIpc) is 2.61. The van der Waals surface area contributed by atoms with Gasteiger partial charge in [0.05, 0.1) is 0 Å². The fourth-order valence-corrected chi connectivity index (χ4v) is 3.25. The molecule has 0 spiro atoms. The molecule has 1 saturated heterocycles. The highest BCUT2D eigenvalue weighted by atomic mass is 16.5. The molecule has 0 aliphatic carbocycles. The summed E-state index contributed by atoms with van der Waals surface area (Å²) in [6, 6.07) is 19.9. The summed E-state index contributed by atoms with van der Waals surface area (Å²) < 4.78 is 6.32. The Morgan fingerprint density at radius 2 is 1.74 bits per heavy atom. The van der Waals surface area contributed by atoms with Crippen molar-refractivity contribution in [2.45, 2.75) is 44.8 Å². The van der Waals surface area contributed by atoms with Crippen molar-refractivity contribution in [1.29, 1.82) is 0 Å². The van der Waals surface area contributed by atoms with Crippen LogP contribution >= 0.6 is 0 Å². The second-order valence-corrected chi connectivity index (χ2v) is 6.51. The lowest BCUT2D eigenvalue weighted by atomic mass is 10.00. The van der Waals surface area contributed by atoms with E-state index in [1.165, 1.54) is 36.0 Å². The first-order valence-corrected chi connectivity index (χ1v) is 8.79. The lowest BCUT2D eigenvalue weighted by Crippen LogP contribution is -2.34. The van der Waals surface area contributed by atoms with Crippen LogP contribution in [0.25, 0.3) is 0 Å². The van der Waals surface area contributed by atoms with Crippen molar-refractivity contribution in [3.8, 4) is 0 Å².